The van der Waals surface area contributed by atoms with Crippen LogP contribution < -0.4 is 10.6 Å². The molecule has 0 bridgehead atoms. The number of amides is 2. The number of anilines is 1. The summed E-state index contributed by atoms with van der Waals surface area (Å²) in [6.07, 6.45) is 1.60. The van der Waals surface area contributed by atoms with E-state index < -0.39 is 6.10 Å². The maximum atomic E-state index is 11.7. The zero-order chi connectivity index (χ0) is 19.2. The van der Waals surface area contributed by atoms with E-state index in [-0.39, 0.29) is 6.03 Å². The minimum atomic E-state index is -0.632. The normalized spacial score (nSPS) is 18.3. The number of benzene rings is 2. The van der Waals surface area contributed by atoms with Gasteiger partial charge in [0.15, 0.2) is 0 Å². The van der Waals surface area contributed by atoms with Gasteiger partial charge in [-0.2, -0.15) is 0 Å². The van der Waals surface area contributed by atoms with Gasteiger partial charge in [0, 0.05) is 31.4 Å². The number of likely N-dealkylation sites (tertiary alicyclic amines) is 1. The molecule has 1 saturated heterocycles. The third-order valence-corrected chi connectivity index (χ3v) is 5.21. The van der Waals surface area contributed by atoms with Gasteiger partial charge in [0.05, 0.1) is 6.10 Å². The van der Waals surface area contributed by atoms with Gasteiger partial charge in [0.2, 0.25) is 0 Å². The second-order valence-corrected chi connectivity index (χ2v) is 7.41. The molecular weight excluding hydrogens is 338 g/mol. The molecule has 0 saturated carbocycles. The van der Waals surface area contributed by atoms with Crippen molar-refractivity contribution in [3.05, 3.63) is 65.2 Å². The summed E-state index contributed by atoms with van der Waals surface area (Å²) in [6.45, 7) is 4.57. The van der Waals surface area contributed by atoms with Crippen LogP contribution in [0, 0.1) is 12.8 Å². The van der Waals surface area contributed by atoms with E-state index in [0.717, 1.165) is 37.1 Å². The highest BCUT2D eigenvalue weighted by molar-refractivity contribution is 5.90. The number of hydrogen-bond acceptors (Lipinski definition) is 3. The number of β-amino-alcohol motifs (C(OH)–C–C–N with tert-alkyl or cyclic N) is 1. The van der Waals surface area contributed by atoms with E-state index in [0.29, 0.717) is 18.2 Å². The van der Waals surface area contributed by atoms with E-state index in [4.69, 9.17) is 0 Å². The summed E-state index contributed by atoms with van der Waals surface area (Å²) >= 11 is 0. The lowest BCUT2D eigenvalue weighted by molar-refractivity contribution is 0.124. The predicted octanol–water partition coefficient (Wildman–Crippen LogP) is 3.34. The van der Waals surface area contributed by atoms with E-state index in [2.05, 4.69) is 39.8 Å². The molecule has 1 fully saturated rings. The van der Waals surface area contributed by atoms with E-state index in [1.165, 1.54) is 5.56 Å². The Labute approximate surface area is 161 Å². The summed E-state index contributed by atoms with van der Waals surface area (Å²) < 4.78 is 0. The van der Waals surface area contributed by atoms with Crippen molar-refractivity contribution in [3.8, 4) is 0 Å². The molecule has 2 unspecified atom stereocenters. The van der Waals surface area contributed by atoms with Gasteiger partial charge in [0.25, 0.3) is 0 Å². The Kier molecular flexibility index (Phi) is 6.48. The average Bonchev–Trinajstić information content (AvgIpc) is 3.10. The van der Waals surface area contributed by atoms with Crippen molar-refractivity contribution in [2.45, 2.75) is 25.9 Å². The predicted molar refractivity (Wildman–Crippen MR) is 109 cm³/mol. The Morgan fingerprint density at radius 3 is 2.78 bits per heavy atom. The second kappa shape index (κ2) is 9.02. The zero-order valence-corrected chi connectivity index (χ0v) is 16.1. The van der Waals surface area contributed by atoms with Gasteiger partial charge in [-0.15, -0.1) is 0 Å². The van der Waals surface area contributed by atoms with Crippen LogP contribution in [0.3, 0.4) is 0 Å². The highest BCUT2D eigenvalue weighted by Gasteiger charge is 2.25. The summed E-state index contributed by atoms with van der Waals surface area (Å²) in [7, 11) is 1.58. The molecule has 2 aromatic rings. The zero-order valence-electron chi connectivity index (χ0n) is 16.1. The van der Waals surface area contributed by atoms with Crippen LogP contribution in [-0.4, -0.2) is 42.7 Å². The van der Waals surface area contributed by atoms with Gasteiger partial charge >= 0.3 is 6.03 Å². The van der Waals surface area contributed by atoms with Crippen LogP contribution in [0.4, 0.5) is 10.5 Å². The molecule has 2 atom stereocenters. The molecule has 3 rings (SSSR count). The molecule has 0 aromatic heterocycles. The van der Waals surface area contributed by atoms with E-state index in [1.54, 1.807) is 7.05 Å². The molecule has 27 heavy (non-hydrogen) atoms. The van der Waals surface area contributed by atoms with E-state index in [9.17, 15) is 9.90 Å². The van der Waals surface area contributed by atoms with Crippen molar-refractivity contribution >= 4 is 11.7 Å². The Morgan fingerprint density at radius 2 is 2.04 bits per heavy atom. The van der Waals surface area contributed by atoms with Crippen molar-refractivity contribution in [2.24, 2.45) is 5.92 Å². The summed E-state index contributed by atoms with van der Waals surface area (Å²) in [4.78, 5) is 14.0. The lowest BCUT2D eigenvalue weighted by Crippen LogP contribution is -2.29. The number of rotatable bonds is 6. The van der Waals surface area contributed by atoms with Crippen molar-refractivity contribution in [2.75, 3.05) is 32.0 Å². The molecule has 3 N–H and O–H groups in total. The molecule has 0 radical (unpaired) electrons. The third-order valence-electron chi connectivity index (χ3n) is 5.21. The SMILES string of the molecule is CNC(=O)Nc1ccc(C)cc1C(O)CN1CCC(Cc2ccccc2)C1. The number of aliphatic hydroxyl groups is 1. The monoisotopic (exact) mass is 367 g/mol. The summed E-state index contributed by atoms with van der Waals surface area (Å²) in [5.41, 5.74) is 3.87. The summed E-state index contributed by atoms with van der Waals surface area (Å²) in [5, 5.41) is 16.2. The highest BCUT2D eigenvalue weighted by Crippen LogP contribution is 2.28. The molecule has 0 aliphatic carbocycles. The minimum Gasteiger partial charge on any atom is -0.387 e. The molecular formula is C22H29N3O2. The highest BCUT2D eigenvalue weighted by atomic mass is 16.3. The number of urea groups is 1. The first-order valence-electron chi connectivity index (χ1n) is 9.58. The molecule has 144 valence electrons. The number of nitrogens with one attached hydrogen (secondary N) is 2. The molecule has 5 nitrogen and oxygen atoms in total. The van der Waals surface area contributed by atoms with Crippen LogP contribution in [0.2, 0.25) is 0 Å². The van der Waals surface area contributed by atoms with Crippen LogP contribution in [0.25, 0.3) is 0 Å². The molecule has 1 aliphatic rings. The fourth-order valence-corrected chi connectivity index (χ4v) is 3.79. The number of aliphatic hydroxyl groups excluding tert-OH is 1. The quantitative estimate of drug-likeness (QED) is 0.734. The maximum absolute atomic E-state index is 11.7. The van der Waals surface area contributed by atoms with Gasteiger partial charge in [0.1, 0.15) is 0 Å². The van der Waals surface area contributed by atoms with Crippen LogP contribution >= 0.6 is 0 Å². The molecule has 2 amide bonds. The first-order chi connectivity index (χ1) is 13.0. The van der Waals surface area contributed by atoms with Gasteiger partial charge in [-0.3, -0.25) is 0 Å². The van der Waals surface area contributed by atoms with Gasteiger partial charge in [-0.1, -0.05) is 48.0 Å². The van der Waals surface area contributed by atoms with Crippen LogP contribution in [0.1, 0.15) is 29.2 Å². The van der Waals surface area contributed by atoms with Gasteiger partial charge in [-0.05, 0) is 43.9 Å². The Bertz CT molecular complexity index is 763. The molecule has 1 heterocycles. The Balaban J connectivity index is 1.61. The fourth-order valence-electron chi connectivity index (χ4n) is 3.79. The number of aryl methyl sites for hydroxylation is 1. The van der Waals surface area contributed by atoms with E-state index in [1.807, 2.05) is 31.2 Å². The van der Waals surface area contributed by atoms with E-state index >= 15 is 0 Å². The van der Waals surface area contributed by atoms with Crippen molar-refractivity contribution < 1.29 is 9.90 Å². The van der Waals surface area contributed by atoms with Crippen LogP contribution in [0.5, 0.6) is 0 Å². The number of hydrogen-bond donors (Lipinski definition) is 3. The second-order valence-electron chi connectivity index (χ2n) is 7.41. The average molecular weight is 367 g/mol. The van der Waals surface area contributed by atoms with Gasteiger partial charge in [-0.25, -0.2) is 4.79 Å². The molecule has 1 aliphatic heterocycles. The molecule has 0 spiro atoms. The first-order valence-corrected chi connectivity index (χ1v) is 9.58. The maximum Gasteiger partial charge on any atom is 0.318 e. The molecule has 2 aromatic carbocycles. The minimum absolute atomic E-state index is 0.281. The fraction of sp³-hybridized carbons (Fsp3) is 0.409. The van der Waals surface area contributed by atoms with Crippen molar-refractivity contribution in [1.82, 2.24) is 10.2 Å². The Morgan fingerprint density at radius 1 is 1.26 bits per heavy atom. The first kappa shape index (κ1) is 19.4. The standard InChI is InChI=1S/C22H29N3O2/c1-16-8-9-20(24-22(27)23-2)19(12-16)21(26)15-25-11-10-18(14-25)13-17-6-4-3-5-7-17/h3-9,12,18,21,26H,10-11,13-15H2,1-2H3,(H2,23,24,27). The topological polar surface area (TPSA) is 64.6 Å². The van der Waals surface area contributed by atoms with Crippen LogP contribution in [0.15, 0.2) is 48.5 Å². The smallest absolute Gasteiger partial charge is 0.318 e. The van der Waals surface area contributed by atoms with Crippen molar-refractivity contribution in [3.63, 3.8) is 0 Å². The number of carbonyl (C=O) groups excluding carboxylic acids is 1. The van der Waals surface area contributed by atoms with Crippen LogP contribution in [-0.2, 0) is 6.42 Å². The molecule has 5 heteroatoms. The lowest BCUT2D eigenvalue weighted by atomic mass is 9.99. The number of nitrogens with zero attached hydrogens (tertiary/aromatic N) is 1. The third kappa shape index (κ3) is 5.31. The van der Waals surface area contributed by atoms with Crippen molar-refractivity contribution in [1.29, 1.82) is 0 Å². The Hall–Kier alpha value is -2.37. The summed E-state index contributed by atoms with van der Waals surface area (Å²) in [6, 6.07) is 16.0. The van der Waals surface area contributed by atoms with Gasteiger partial charge < -0.3 is 20.6 Å². The number of carbonyl (C=O) groups is 1. The summed E-state index contributed by atoms with van der Waals surface area (Å²) in [5.74, 6) is 0.626. The lowest BCUT2D eigenvalue weighted by Gasteiger charge is -2.23. The largest absolute Gasteiger partial charge is 0.387 e.